The summed E-state index contributed by atoms with van der Waals surface area (Å²) in [4.78, 5) is 24.5. The molecule has 0 saturated carbocycles. The standard InChI is InChI=1S/C10H21N3O2S/c1-4-13(7-9(14)12-2)10(15)8(11)5-6-16-3/h8H,4-7,11H2,1-3H3,(H,12,14)/t8-/m1/s1. The van der Waals surface area contributed by atoms with Crippen molar-refractivity contribution in [3.05, 3.63) is 0 Å². The van der Waals surface area contributed by atoms with Crippen molar-refractivity contribution in [3.63, 3.8) is 0 Å². The average molecular weight is 247 g/mol. The van der Waals surface area contributed by atoms with Crippen LogP contribution in [0.1, 0.15) is 13.3 Å². The largest absolute Gasteiger partial charge is 0.358 e. The number of rotatable bonds is 7. The number of nitrogens with one attached hydrogen (secondary N) is 1. The highest BCUT2D eigenvalue weighted by molar-refractivity contribution is 7.98. The first kappa shape index (κ1) is 15.2. The Balaban J connectivity index is 4.23. The van der Waals surface area contributed by atoms with Crippen LogP contribution in [0.25, 0.3) is 0 Å². The van der Waals surface area contributed by atoms with Crippen molar-refractivity contribution >= 4 is 23.6 Å². The van der Waals surface area contributed by atoms with Gasteiger partial charge in [0, 0.05) is 13.6 Å². The fourth-order valence-corrected chi connectivity index (χ4v) is 1.69. The maximum absolute atomic E-state index is 11.8. The van der Waals surface area contributed by atoms with Gasteiger partial charge in [0.05, 0.1) is 12.6 Å². The van der Waals surface area contributed by atoms with Gasteiger partial charge in [-0.1, -0.05) is 0 Å². The van der Waals surface area contributed by atoms with Gasteiger partial charge in [-0.3, -0.25) is 9.59 Å². The summed E-state index contributed by atoms with van der Waals surface area (Å²) in [5.41, 5.74) is 5.76. The first-order valence-corrected chi connectivity index (χ1v) is 6.70. The van der Waals surface area contributed by atoms with Crippen LogP contribution in [0.4, 0.5) is 0 Å². The summed E-state index contributed by atoms with van der Waals surface area (Å²) in [5, 5.41) is 2.49. The molecule has 0 rings (SSSR count). The molecule has 2 amide bonds. The highest BCUT2D eigenvalue weighted by Gasteiger charge is 2.20. The normalized spacial score (nSPS) is 12.0. The number of amides is 2. The molecule has 0 aromatic carbocycles. The average Bonchev–Trinajstić information content (AvgIpc) is 2.31. The van der Waals surface area contributed by atoms with Crippen molar-refractivity contribution in [2.45, 2.75) is 19.4 Å². The first-order chi connectivity index (χ1) is 7.56. The molecular weight excluding hydrogens is 226 g/mol. The smallest absolute Gasteiger partial charge is 0.239 e. The number of hydrogen-bond donors (Lipinski definition) is 2. The van der Waals surface area contributed by atoms with E-state index in [1.807, 2.05) is 13.2 Å². The minimum Gasteiger partial charge on any atom is -0.358 e. The number of hydrogen-bond acceptors (Lipinski definition) is 4. The molecule has 16 heavy (non-hydrogen) atoms. The van der Waals surface area contributed by atoms with E-state index in [1.54, 1.807) is 18.8 Å². The summed E-state index contributed by atoms with van der Waals surface area (Å²) >= 11 is 1.66. The first-order valence-electron chi connectivity index (χ1n) is 5.30. The maximum Gasteiger partial charge on any atom is 0.239 e. The van der Waals surface area contributed by atoms with Crippen LogP contribution in [-0.4, -0.2) is 54.9 Å². The van der Waals surface area contributed by atoms with E-state index in [9.17, 15) is 9.59 Å². The summed E-state index contributed by atoms with van der Waals surface area (Å²) in [6.07, 6.45) is 2.61. The molecule has 0 radical (unpaired) electrons. The third-order valence-corrected chi connectivity index (χ3v) is 2.90. The van der Waals surface area contributed by atoms with Gasteiger partial charge in [0.2, 0.25) is 11.8 Å². The molecule has 0 unspecified atom stereocenters. The van der Waals surface area contributed by atoms with Crippen LogP contribution in [0.15, 0.2) is 0 Å². The summed E-state index contributed by atoms with van der Waals surface area (Å²) in [5.74, 6) is 0.525. The fourth-order valence-electron chi connectivity index (χ4n) is 1.20. The summed E-state index contributed by atoms with van der Waals surface area (Å²) < 4.78 is 0. The van der Waals surface area contributed by atoms with E-state index in [1.165, 1.54) is 4.90 Å². The van der Waals surface area contributed by atoms with E-state index in [0.717, 1.165) is 5.75 Å². The zero-order valence-corrected chi connectivity index (χ0v) is 11.0. The highest BCUT2D eigenvalue weighted by Crippen LogP contribution is 2.02. The molecule has 0 aromatic rings. The number of carbonyl (C=O) groups excluding carboxylic acids is 2. The van der Waals surface area contributed by atoms with Crippen LogP contribution in [0, 0.1) is 0 Å². The lowest BCUT2D eigenvalue weighted by Gasteiger charge is -2.23. The summed E-state index contributed by atoms with van der Waals surface area (Å²) in [6, 6.07) is -0.503. The van der Waals surface area contributed by atoms with Crippen LogP contribution in [0.5, 0.6) is 0 Å². The second-order valence-corrected chi connectivity index (χ2v) is 4.40. The van der Waals surface area contributed by atoms with Gasteiger partial charge in [-0.05, 0) is 25.4 Å². The van der Waals surface area contributed by atoms with Crippen molar-refractivity contribution in [1.82, 2.24) is 10.2 Å². The summed E-state index contributed by atoms with van der Waals surface area (Å²) in [6.45, 7) is 2.42. The molecule has 1 atom stereocenters. The van der Waals surface area contributed by atoms with Crippen molar-refractivity contribution in [2.24, 2.45) is 5.73 Å². The second-order valence-electron chi connectivity index (χ2n) is 3.41. The molecule has 5 nitrogen and oxygen atoms in total. The Labute approximate surface area is 101 Å². The van der Waals surface area contributed by atoms with Gasteiger partial charge in [0.1, 0.15) is 0 Å². The van der Waals surface area contributed by atoms with Crippen molar-refractivity contribution < 1.29 is 9.59 Å². The summed E-state index contributed by atoms with van der Waals surface area (Å²) in [7, 11) is 1.55. The maximum atomic E-state index is 11.8. The van der Waals surface area contributed by atoms with Gasteiger partial charge in [-0.25, -0.2) is 0 Å². The number of likely N-dealkylation sites (N-methyl/N-ethyl adjacent to an activating group) is 2. The van der Waals surface area contributed by atoms with Crippen LogP contribution in [-0.2, 0) is 9.59 Å². The van der Waals surface area contributed by atoms with Crippen molar-refractivity contribution in [1.29, 1.82) is 0 Å². The third kappa shape index (κ3) is 5.37. The van der Waals surface area contributed by atoms with Crippen molar-refractivity contribution in [3.8, 4) is 0 Å². The predicted molar refractivity (Wildman–Crippen MR) is 67.3 cm³/mol. The molecule has 6 heteroatoms. The lowest BCUT2D eigenvalue weighted by molar-refractivity contribution is -0.136. The highest BCUT2D eigenvalue weighted by atomic mass is 32.2. The second kappa shape index (κ2) is 8.41. The molecule has 0 aromatic heterocycles. The Morgan fingerprint density at radius 1 is 1.50 bits per heavy atom. The minimum absolute atomic E-state index is 0.0821. The molecule has 0 heterocycles. The van der Waals surface area contributed by atoms with Gasteiger partial charge in [-0.15, -0.1) is 0 Å². The van der Waals surface area contributed by atoms with E-state index in [0.29, 0.717) is 13.0 Å². The van der Waals surface area contributed by atoms with Crippen LogP contribution in [0.2, 0.25) is 0 Å². The van der Waals surface area contributed by atoms with E-state index < -0.39 is 6.04 Å². The molecule has 0 aliphatic heterocycles. The van der Waals surface area contributed by atoms with Gasteiger partial charge < -0.3 is 16.0 Å². The predicted octanol–water partition coefficient (Wildman–Crippen LogP) is -0.339. The Morgan fingerprint density at radius 2 is 2.12 bits per heavy atom. The van der Waals surface area contributed by atoms with E-state index in [2.05, 4.69) is 5.32 Å². The van der Waals surface area contributed by atoms with Gasteiger partial charge in [0.25, 0.3) is 0 Å². The minimum atomic E-state index is -0.503. The number of nitrogens with two attached hydrogens (primary N) is 1. The molecule has 0 aliphatic rings. The van der Waals surface area contributed by atoms with Crippen LogP contribution >= 0.6 is 11.8 Å². The lowest BCUT2D eigenvalue weighted by atomic mass is 10.2. The zero-order chi connectivity index (χ0) is 12.6. The Morgan fingerprint density at radius 3 is 2.56 bits per heavy atom. The number of carbonyl (C=O) groups is 2. The topological polar surface area (TPSA) is 75.4 Å². The molecule has 0 saturated heterocycles. The van der Waals surface area contributed by atoms with Crippen molar-refractivity contribution in [2.75, 3.05) is 32.1 Å². The van der Waals surface area contributed by atoms with Gasteiger partial charge >= 0.3 is 0 Å². The molecule has 94 valence electrons. The van der Waals surface area contributed by atoms with Gasteiger partial charge in [-0.2, -0.15) is 11.8 Å². The van der Waals surface area contributed by atoms with E-state index >= 15 is 0 Å². The van der Waals surface area contributed by atoms with E-state index in [-0.39, 0.29) is 18.4 Å². The van der Waals surface area contributed by atoms with Crippen LogP contribution in [0.3, 0.4) is 0 Å². The van der Waals surface area contributed by atoms with Gasteiger partial charge in [0.15, 0.2) is 0 Å². The monoisotopic (exact) mass is 247 g/mol. The van der Waals surface area contributed by atoms with E-state index in [4.69, 9.17) is 5.73 Å². The molecule has 0 spiro atoms. The molecule has 3 N–H and O–H groups in total. The number of thioether (sulfide) groups is 1. The quantitative estimate of drug-likeness (QED) is 0.645. The lowest BCUT2D eigenvalue weighted by Crippen LogP contribution is -2.47. The fraction of sp³-hybridized carbons (Fsp3) is 0.800. The molecule has 0 aliphatic carbocycles. The SMILES string of the molecule is CCN(CC(=O)NC)C(=O)[C@H](N)CCSC. The molecule has 0 bridgehead atoms. The number of nitrogens with zero attached hydrogens (tertiary/aromatic N) is 1. The zero-order valence-electron chi connectivity index (χ0n) is 10.2. The Hall–Kier alpha value is -0.750. The Bertz CT molecular complexity index is 236. The third-order valence-electron chi connectivity index (χ3n) is 2.26. The Kier molecular flexibility index (Phi) is 8.01. The van der Waals surface area contributed by atoms with Crippen LogP contribution < -0.4 is 11.1 Å². The molecular formula is C10H21N3O2S. The molecule has 0 fully saturated rings.